The number of hydrogen-bond acceptors (Lipinski definition) is 5. The van der Waals surface area contributed by atoms with Gasteiger partial charge >= 0.3 is 0 Å². The highest BCUT2D eigenvalue weighted by Crippen LogP contribution is 2.31. The van der Waals surface area contributed by atoms with Crippen LogP contribution in [-0.2, 0) is 12.2 Å². The van der Waals surface area contributed by atoms with Crippen molar-refractivity contribution in [2.75, 3.05) is 0 Å². The fourth-order valence-corrected chi connectivity index (χ4v) is 4.81. The lowest BCUT2D eigenvalue weighted by molar-refractivity contribution is 0.0929. The minimum absolute atomic E-state index is 0.0538. The van der Waals surface area contributed by atoms with Crippen LogP contribution in [0.4, 0.5) is 0 Å². The third kappa shape index (κ3) is 3.83. The summed E-state index contributed by atoms with van der Waals surface area (Å²) in [6.45, 7) is 3.83. The highest BCUT2D eigenvalue weighted by atomic mass is 32.2. The quantitative estimate of drug-likeness (QED) is 0.632. The molecule has 6 heteroatoms. The van der Waals surface area contributed by atoms with E-state index in [1.807, 2.05) is 32.0 Å². The van der Waals surface area contributed by atoms with Gasteiger partial charge in [0, 0.05) is 17.5 Å². The molecule has 0 radical (unpaired) electrons. The Labute approximate surface area is 168 Å². The van der Waals surface area contributed by atoms with Crippen LogP contribution in [0.2, 0.25) is 0 Å². The Balaban J connectivity index is 1.51. The van der Waals surface area contributed by atoms with Crippen LogP contribution in [0.25, 0.3) is 0 Å². The van der Waals surface area contributed by atoms with Crippen LogP contribution in [0.1, 0.15) is 57.4 Å². The Morgan fingerprint density at radius 3 is 2.93 bits per heavy atom. The predicted octanol–water partition coefficient (Wildman–Crippen LogP) is 4.79. The van der Waals surface area contributed by atoms with Gasteiger partial charge in [0.05, 0.1) is 17.3 Å². The van der Waals surface area contributed by atoms with Crippen LogP contribution in [0, 0.1) is 13.8 Å². The average molecular weight is 394 g/mol. The number of nitrogens with zero attached hydrogens (tertiary/aromatic N) is 2. The van der Waals surface area contributed by atoms with Crippen molar-refractivity contribution < 1.29 is 9.32 Å². The number of pyridine rings is 1. The number of hydrogen-bond donors (Lipinski definition) is 1. The lowest BCUT2D eigenvalue weighted by Crippen LogP contribution is -2.31. The van der Waals surface area contributed by atoms with E-state index < -0.39 is 0 Å². The molecule has 1 amide bonds. The predicted molar refractivity (Wildman–Crippen MR) is 109 cm³/mol. The first kappa shape index (κ1) is 18.7. The van der Waals surface area contributed by atoms with Gasteiger partial charge in [-0.05, 0) is 56.4 Å². The second kappa shape index (κ2) is 8.19. The van der Waals surface area contributed by atoms with Crippen LogP contribution < -0.4 is 5.32 Å². The third-order valence-corrected chi connectivity index (χ3v) is 6.26. The SMILES string of the molecule is Cc1noc(C)c1CSc1ncccc1C(=O)N[C@@H]1CCCc2ccccc21. The smallest absolute Gasteiger partial charge is 0.254 e. The Bertz CT molecular complexity index is 979. The van der Waals surface area contributed by atoms with Crippen molar-refractivity contribution in [1.29, 1.82) is 0 Å². The van der Waals surface area contributed by atoms with Crippen LogP contribution in [0.5, 0.6) is 0 Å². The van der Waals surface area contributed by atoms with E-state index in [9.17, 15) is 4.79 Å². The van der Waals surface area contributed by atoms with Gasteiger partial charge in [0.15, 0.2) is 0 Å². The summed E-state index contributed by atoms with van der Waals surface area (Å²) in [7, 11) is 0. The van der Waals surface area contributed by atoms with Crippen LogP contribution in [0.3, 0.4) is 0 Å². The number of benzene rings is 1. The molecule has 28 heavy (non-hydrogen) atoms. The van der Waals surface area contributed by atoms with Crippen LogP contribution in [0.15, 0.2) is 52.1 Å². The van der Waals surface area contributed by atoms with Crippen LogP contribution >= 0.6 is 11.8 Å². The van der Waals surface area contributed by atoms with Gasteiger partial charge in [-0.3, -0.25) is 4.79 Å². The lowest BCUT2D eigenvalue weighted by atomic mass is 9.87. The molecule has 144 valence electrons. The summed E-state index contributed by atoms with van der Waals surface area (Å²) in [6.07, 6.45) is 4.85. The molecule has 1 aromatic carbocycles. The maximum Gasteiger partial charge on any atom is 0.254 e. The molecule has 3 aromatic rings. The molecule has 1 aliphatic rings. The molecule has 1 atom stereocenters. The largest absolute Gasteiger partial charge is 0.361 e. The lowest BCUT2D eigenvalue weighted by Gasteiger charge is -2.26. The highest BCUT2D eigenvalue weighted by molar-refractivity contribution is 7.98. The summed E-state index contributed by atoms with van der Waals surface area (Å²) in [6, 6.07) is 12.1. The second-order valence-corrected chi connectivity index (χ2v) is 8.03. The van der Waals surface area contributed by atoms with Gasteiger partial charge in [-0.2, -0.15) is 0 Å². The van der Waals surface area contributed by atoms with Gasteiger partial charge in [-0.15, -0.1) is 11.8 Å². The van der Waals surface area contributed by atoms with Gasteiger partial charge in [0.25, 0.3) is 5.91 Å². The molecule has 0 bridgehead atoms. The molecule has 0 aliphatic heterocycles. The van der Waals surface area contributed by atoms with Gasteiger partial charge < -0.3 is 9.84 Å². The highest BCUT2D eigenvalue weighted by Gasteiger charge is 2.23. The van der Waals surface area contributed by atoms with Crippen molar-refractivity contribution in [1.82, 2.24) is 15.5 Å². The van der Waals surface area contributed by atoms with Gasteiger partial charge in [0.2, 0.25) is 0 Å². The normalized spacial score (nSPS) is 15.9. The molecular weight excluding hydrogens is 370 g/mol. The van der Waals surface area contributed by atoms with Crippen molar-refractivity contribution in [3.63, 3.8) is 0 Å². The summed E-state index contributed by atoms with van der Waals surface area (Å²) in [5.41, 5.74) is 5.12. The number of aromatic nitrogens is 2. The molecule has 1 N–H and O–H groups in total. The minimum Gasteiger partial charge on any atom is -0.361 e. The fourth-order valence-electron chi connectivity index (χ4n) is 3.67. The van der Waals surface area contributed by atoms with E-state index in [-0.39, 0.29) is 11.9 Å². The number of nitrogens with one attached hydrogen (secondary N) is 1. The summed E-state index contributed by atoms with van der Waals surface area (Å²) >= 11 is 1.54. The first-order chi connectivity index (χ1) is 13.6. The van der Waals surface area contributed by atoms with Crippen LogP contribution in [-0.4, -0.2) is 16.0 Å². The topological polar surface area (TPSA) is 68.0 Å². The molecule has 0 fully saturated rings. The van der Waals surface area contributed by atoms with Gasteiger partial charge in [0.1, 0.15) is 10.8 Å². The zero-order chi connectivity index (χ0) is 19.5. The number of amides is 1. The monoisotopic (exact) mass is 393 g/mol. The first-order valence-electron chi connectivity index (χ1n) is 9.51. The van der Waals surface area contributed by atoms with E-state index >= 15 is 0 Å². The Hall–Kier alpha value is -2.60. The molecule has 0 saturated carbocycles. The zero-order valence-electron chi connectivity index (χ0n) is 16.1. The van der Waals surface area contributed by atoms with E-state index in [0.717, 1.165) is 41.3 Å². The van der Waals surface area contributed by atoms with E-state index in [1.54, 1.807) is 6.20 Å². The molecule has 2 aromatic heterocycles. The standard InChI is InChI=1S/C22H23N3O2S/c1-14-19(15(2)27-25-14)13-28-22-18(10-6-12-23-22)21(26)24-20-11-5-8-16-7-3-4-9-17(16)20/h3-4,6-7,9-10,12,20H,5,8,11,13H2,1-2H3,(H,24,26)/t20-/m1/s1. The average Bonchev–Trinajstić information content (AvgIpc) is 3.04. The second-order valence-electron chi connectivity index (χ2n) is 7.06. The number of carbonyl (C=O) groups is 1. The van der Waals surface area contributed by atoms with Crippen molar-refractivity contribution in [3.05, 3.63) is 76.3 Å². The Morgan fingerprint density at radius 1 is 1.25 bits per heavy atom. The van der Waals surface area contributed by atoms with E-state index in [0.29, 0.717) is 11.3 Å². The Morgan fingerprint density at radius 2 is 2.11 bits per heavy atom. The number of rotatable bonds is 5. The number of aryl methyl sites for hydroxylation is 3. The molecule has 1 aliphatic carbocycles. The summed E-state index contributed by atoms with van der Waals surface area (Å²) in [5.74, 6) is 1.41. The van der Waals surface area contributed by atoms with Gasteiger partial charge in [-0.1, -0.05) is 29.4 Å². The maximum atomic E-state index is 13.0. The molecule has 0 saturated heterocycles. The molecule has 5 nitrogen and oxygen atoms in total. The summed E-state index contributed by atoms with van der Waals surface area (Å²) in [4.78, 5) is 17.5. The van der Waals surface area contributed by atoms with Crippen molar-refractivity contribution in [2.45, 2.75) is 49.9 Å². The molecule has 4 rings (SSSR count). The number of thioether (sulfide) groups is 1. The summed E-state index contributed by atoms with van der Waals surface area (Å²) in [5, 5.41) is 7.95. The Kier molecular flexibility index (Phi) is 5.48. The van der Waals surface area contributed by atoms with Crippen molar-refractivity contribution in [3.8, 4) is 0 Å². The molecule has 2 heterocycles. The first-order valence-corrected chi connectivity index (χ1v) is 10.5. The van der Waals surface area contributed by atoms with E-state index in [4.69, 9.17) is 4.52 Å². The van der Waals surface area contributed by atoms with Gasteiger partial charge in [-0.25, -0.2) is 4.98 Å². The minimum atomic E-state index is -0.0731. The maximum absolute atomic E-state index is 13.0. The van der Waals surface area contributed by atoms with Crippen molar-refractivity contribution in [2.24, 2.45) is 0 Å². The molecule has 0 unspecified atom stereocenters. The third-order valence-electron chi connectivity index (χ3n) is 5.22. The van der Waals surface area contributed by atoms with E-state index in [2.05, 4.69) is 33.7 Å². The number of fused-ring (bicyclic) bond motifs is 1. The zero-order valence-corrected chi connectivity index (χ0v) is 16.9. The van der Waals surface area contributed by atoms with E-state index in [1.165, 1.54) is 22.9 Å². The number of carbonyl (C=O) groups excluding carboxylic acids is 1. The van der Waals surface area contributed by atoms with Crippen molar-refractivity contribution >= 4 is 17.7 Å². The fraction of sp³-hybridized carbons (Fsp3) is 0.318. The molecular formula is C22H23N3O2S. The molecule has 0 spiro atoms. The summed E-state index contributed by atoms with van der Waals surface area (Å²) < 4.78 is 5.23.